The monoisotopic (exact) mass is 288 g/mol. The first-order valence-electron chi connectivity index (χ1n) is 6.94. The predicted octanol–water partition coefficient (Wildman–Crippen LogP) is 4.54. The second-order valence-corrected chi connectivity index (χ2v) is 6.51. The Balaban J connectivity index is 1.69. The van der Waals surface area contributed by atoms with Crippen LogP contribution in [0.1, 0.15) is 58.3 Å². The minimum atomic E-state index is 0.168. The Bertz CT molecular complexity index is 215. The van der Waals surface area contributed by atoms with Crippen molar-refractivity contribution in [1.82, 2.24) is 0 Å². The number of hydrogen-bond donors (Lipinski definition) is 0. The van der Waals surface area contributed by atoms with Crippen LogP contribution in [0.5, 0.6) is 0 Å². The lowest BCUT2D eigenvalue weighted by atomic mass is 9.80. The van der Waals surface area contributed by atoms with Crippen LogP contribution in [0.25, 0.3) is 0 Å². The highest BCUT2D eigenvalue weighted by atomic mass is 79.9. The largest absolute Gasteiger partial charge is 0.374 e. The van der Waals surface area contributed by atoms with E-state index in [1.54, 1.807) is 0 Å². The highest BCUT2D eigenvalue weighted by Crippen LogP contribution is 2.37. The second kappa shape index (κ2) is 5.86. The molecule has 2 unspecified atom stereocenters. The summed E-state index contributed by atoms with van der Waals surface area (Å²) in [5, 5.41) is 1.02. The maximum Gasteiger partial charge on any atom is 0.0781 e. The fraction of sp³-hybridized carbons (Fsp3) is 1.00. The van der Waals surface area contributed by atoms with E-state index in [1.807, 2.05) is 0 Å². The van der Waals surface area contributed by atoms with Crippen molar-refractivity contribution in [2.75, 3.05) is 11.9 Å². The van der Waals surface area contributed by atoms with E-state index in [9.17, 15) is 0 Å². The number of alkyl halides is 1. The van der Waals surface area contributed by atoms with Crippen LogP contribution in [0.2, 0.25) is 0 Å². The molecule has 94 valence electrons. The van der Waals surface area contributed by atoms with Crippen molar-refractivity contribution in [3.05, 3.63) is 0 Å². The highest BCUT2D eigenvalue weighted by Gasteiger charge is 2.34. The SMILES string of the molecule is CC1CCCC(CBr)(OCCCC2CC2)C1. The smallest absolute Gasteiger partial charge is 0.0781 e. The minimum Gasteiger partial charge on any atom is -0.374 e. The summed E-state index contributed by atoms with van der Waals surface area (Å²) in [5.41, 5.74) is 0.168. The van der Waals surface area contributed by atoms with E-state index in [-0.39, 0.29) is 5.60 Å². The average molecular weight is 289 g/mol. The van der Waals surface area contributed by atoms with E-state index in [4.69, 9.17) is 4.74 Å². The molecule has 0 aromatic heterocycles. The van der Waals surface area contributed by atoms with E-state index in [1.165, 1.54) is 51.4 Å². The molecule has 1 nitrogen and oxygen atoms in total. The van der Waals surface area contributed by atoms with Gasteiger partial charge in [0, 0.05) is 11.9 Å². The lowest BCUT2D eigenvalue weighted by molar-refractivity contribution is -0.0642. The Morgan fingerprint density at radius 1 is 1.31 bits per heavy atom. The molecule has 0 aromatic carbocycles. The molecule has 0 spiro atoms. The number of rotatable bonds is 6. The van der Waals surface area contributed by atoms with E-state index < -0.39 is 0 Å². The zero-order valence-corrected chi connectivity index (χ0v) is 12.1. The van der Waals surface area contributed by atoms with Crippen molar-refractivity contribution < 1.29 is 4.74 Å². The summed E-state index contributed by atoms with van der Waals surface area (Å²) in [6.45, 7) is 3.35. The topological polar surface area (TPSA) is 9.23 Å². The zero-order valence-electron chi connectivity index (χ0n) is 10.5. The van der Waals surface area contributed by atoms with Crippen LogP contribution in [0, 0.1) is 11.8 Å². The van der Waals surface area contributed by atoms with Gasteiger partial charge in [-0.25, -0.2) is 0 Å². The number of hydrogen-bond acceptors (Lipinski definition) is 1. The van der Waals surface area contributed by atoms with Crippen LogP contribution < -0.4 is 0 Å². The van der Waals surface area contributed by atoms with Gasteiger partial charge in [-0.15, -0.1) is 0 Å². The van der Waals surface area contributed by atoms with Crippen LogP contribution in [0.3, 0.4) is 0 Å². The first-order valence-corrected chi connectivity index (χ1v) is 8.06. The Morgan fingerprint density at radius 3 is 2.75 bits per heavy atom. The Kier molecular flexibility index (Phi) is 4.72. The average Bonchev–Trinajstić information content (AvgIpc) is 3.08. The summed E-state index contributed by atoms with van der Waals surface area (Å²) in [6, 6.07) is 0. The van der Waals surface area contributed by atoms with Gasteiger partial charge < -0.3 is 4.74 Å². The van der Waals surface area contributed by atoms with Gasteiger partial charge >= 0.3 is 0 Å². The van der Waals surface area contributed by atoms with Gasteiger partial charge in [-0.1, -0.05) is 48.5 Å². The second-order valence-electron chi connectivity index (χ2n) is 5.95. The third-order valence-corrected chi connectivity index (χ3v) is 5.18. The van der Waals surface area contributed by atoms with E-state index in [0.29, 0.717) is 0 Å². The molecule has 2 atom stereocenters. The normalized spacial score (nSPS) is 35.2. The lowest BCUT2D eigenvalue weighted by Crippen LogP contribution is -2.39. The Labute approximate surface area is 108 Å². The minimum absolute atomic E-state index is 0.168. The molecule has 2 fully saturated rings. The van der Waals surface area contributed by atoms with Gasteiger partial charge in [0.2, 0.25) is 0 Å². The van der Waals surface area contributed by atoms with Crippen molar-refractivity contribution in [2.45, 2.75) is 63.9 Å². The quantitative estimate of drug-likeness (QED) is 0.515. The van der Waals surface area contributed by atoms with Crippen LogP contribution in [-0.2, 0) is 4.74 Å². The molecule has 16 heavy (non-hydrogen) atoms. The predicted molar refractivity (Wildman–Crippen MR) is 72.1 cm³/mol. The van der Waals surface area contributed by atoms with Crippen molar-refractivity contribution >= 4 is 15.9 Å². The summed E-state index contributed by atoms with van der Waals surface area (Å²) in [7, 11) is 0. The number of halogens is 1. The van der Waals surface area contributed by atoms with E-state index in [2.05, 4.69) is 22.9 Å². The maximum atomic E-state index is 6.22. The van der Waals surface area contributed by atoms with E-state index >= 15 is 0 Å². The Morgan fingerprint density at radius 2 is 2.12 bits per heavy atom. The van der Waals surface area contributed by atoms with Gasteiger partial charge in [0.05, 0.1) is 5.60 Å². The molecule has 2 rings (SSSR count). The number of ether oxygens (including phenoxy) is 1. The summed E-state index contributed by atoms with van der Waals surface area (Å²) in [6.07, 6.45) is 10.9. The molecule has 0 aliphatic heterocycles. The van der Waals surface area contributed by atoms with Crippen molar-refractivity contribution in [3.63, 3.8) is 0 Å². The van der Waals surface area contributed by atoms with Gasteiger partial charge in [-0.2, -0.15) is 0 Å². The fourth-order valence-electron chi connectivity index (χ4n) is 2.97. The standard InChI is InChI=1S/C14H25BrO/c1-12-4-2-8-14(10-12,11-15)16-9-3-5-13-6-7-13/h12-13H,2-11H2,1H3. The molecule has 0 heterocycles. The summed E-state index contributed by atoms with van der Waals surface area (Å²) in [4.78, 5) is 0. The first-order chi connectivity index (χ1) is 7.74. The summed E-state index contributed by atoms with van der Waals surface area (Å²) in [5.74, 6) is 1.89. The van der Waals surface area contributed by atoms with Crippen molar-refractivity contribution in [2.24, 2.45) is 11.8 Å². The molecule has 0 saturated heterocycles. The van der Waals surface area contributed by atoms with Gasteiger partial charge in [-0.05, 0) is 37.5 Å². The Hall–Kier alpha value is 0.440. The maximum absolute atomic E-state index is 6.22. The zero-order chi connectivity index (χ0) is 11.4. The van der Waals surface area contributed by atoms with Gasteiger partial charge in [0.25, 0.3) is 0 Å². The molecule has 2 aliphatic rings. The molecule has 2 saturated carbocycles. The summed E-state index contributed by atoms with van der Waals surface area (Å²) >= 11 is 3.66. The van der Waals surface area contributed by atoms with Crippen LogP contribution in [0.15, 0.2) is 0 Å². The third kappa shape index (κ3) is 3.73. The van der Waals surface area contributed by atoms with Crippen LogP contribution >= 0.6 is 15.9 Å². The van der Waals surface area contributed by atoms with Gasteiger partial charge in [0.15, 0.2) is 0 Å². The van der Waals surface area contributed by atoms with E-state index in [0.717, 1.165) is 23.8 Å². The molecule has 0 amide bonds. The molecule has 0 N–H and O–H groups in total. The molecule has 2 heteroatoms. The van der Waals surface area contributed by atoms with Crippen molar-refractivity contribution in [3.8, 4) is 0 Å². The first kappa shape index (κ1) is 12.9. The van der Waals surface area contributed by atoms with Crippen molar-refractivity contribution in [1.29, 1.82) is 0 Å². The molecule has 2 aliphatic carbocycles. The molecule has 0 radical (unpaired) electrons. The molecule has 0 bridgehead atoms. The third-order valence-electron chi connectivity index (χ3n) is 4.16. The highest BCUT2D eigenvalue weighted by molar-refractivity contribution is 9.09. The lowest BCUT2D eigenvalue weighted by Gasteiger charge is -2.38. The molecule has 0 aromatic rings. The summed E-state index contributed by atoms with van der Waals surface area (Å²) < 4.78 is 6.22. The molecular weight excluding hydrogens is 264 g/mol. The fourth-order valence-corrected chi connectivity index (χ4v) is 3.64. The van der Waals surface area contributed by atoms with Gasteiger partial charge in [-0.3, -0.25) is 0 Å². The van der Waals surface area contributed by atoms with Gasteiger partial charge in [0.1, 0.15) is 0 Å². The van der Waals surface area contributed by atoms with Crippen LogP contribution in [-0.4, -0.2) is 17.5 Å². The molecular formula is C14H25BrO. The van der Waals surface area contributed by atoms with Crippen LogP contribution in [0.4, 0.5) is 0 Å².